The van der Waals surface area contributed by atoms with Crippen LogP contribution in [0.4, 0.5) is 10.5 Å². The minimum absolute atomic E-state index is 0.0601. The minimum Gasteiger partial charge on any atom is -0.351 e. The Labute approximate surface area is 88.6 Å². The molecule has 1 fully saturated rings. The standard InChI is InChI=1S/C11H15N3O/c12-10(15)14-9-4-2-1-3-8(9)7-11(13)5-6-11/h1-4H,5-7,13H2,(H3,12,14,15). The highest BCUT2D eigenvalue weighted by molar-refractivity contribution is 5.88. The number of hydrogen-bond donors (Lipinski definition) is 3. The van der Waals surface area contributed by atoms with Gasteiger partial charge >= 0.3 is 6.03 Å². The normalized spacial score (nSPS) is 17.1. The van der Waals surface area contributed by atoms with Gasteiger partial charge in [0.25, 0.3) is 0 Å². The topological polar surface area (TPSA) is 81.1 Å². The molecule has 0 saturated heterocycles. The van der Waals surface area contributed by atoms with Crippen LogP contribution in [0.3, 0.4) is 0 Å². The molecule has 1 aliphatic carbocycles. The number of carbonyl (C=O) groups is 1. The lowest BCUT2D eigenvalue weighted by Crippen LogP contribution is -2.26. The first-order chi connectivity index (χ1) is 7.09. The van der Waals surface area contributed by atoms with Crippen LogP contribution in [0.25, 0.3) is 0 Å². The monoisotopic (exact) mass is 205 g/mol. The number of primary amides is 1. The highest BCUT2D eigenvalue weighted by Crippen LogP contribution is 2.37. The van der Waals surface area contributed by atoms with E-state index in [1.54, 1.807) is 0 Å². The molecule has 1 aliphatic rings. The molecule has 4 nitrogen and oxygen atoms in total. The molecule has 1 aromatic rings. The number of benzene rings is 1. The van der Waals surface area contributed by atoms with Crippen LogP contribution < -0.4 is 16.8 Å². The maximum absolute atomic E-state index is 10.8. The van der Waals surface area contributed by atoms with Crippen LogP contribution in [0.5, 0.6) is 0 Å². The fourth-order valence-electron chi connectivity index (χ4n) is 1.65. The van der Waals surface area contributed by atoms with Gasteiger partial charge < -0.3 is 16.8 Å². The number of para-hydroxylation sites is 1. The fraction of sp³-hybridized carbons (Fsp3) is 0.364. The molecule has 5 N–H and O–H groups in total. The molecule has 0 aromatic heterocycles. The minimum atomic E-state index is -0.538. The number of carbonyl (C=O) groups excluding carboxylic acids is 1. The van der Waals surface area contributed by atoms with Gasteiger partial charge in [0.15, 0.2) is 0 Å². The fourth-order valence-corrected chi connectivity index (χ4v) is 1.65. The van der Waals surface area contributed by atoms with Crippen molar-refractivity contribution in [2.75, 3.05) is 5.32 Å². The molecule has 4 heteroatoms. The van der Waals surface area contributed by atoms with Crippen molar-refractivity contribution in [3.05, 3.63) is 29.8 Å². The third-order valence-electron chi connectivity index (χ3n) is 2.71. The van der Waals surface area contributed by atoms with Crippen molar-refractivity contribution in [1.82, 2.24) is 0 Å². The molecular formula is C11H15N3O. The number of amides is 2. The van der Waals surface area contributed by atoms with Crippen LogP contribution in [-0.4, -0.2) is 11.6 Å². The zero-order valence-electron chi connectivity index (χ0n) is 8.49. The van der Waals surface area contributed by atoms with Crippen LogP contribution in [0.1, 0.15) is 18.4 Å². The van der Waals surface area contributed by atoms with E-state index in [1.807, 2.05) is 24.3 Å². The van der Waals surface area contributed by atoms with Gasteiger partial charge in [-0.15, -0.1) is 0 Å². The maximum Gasteiger partial charge on any atom is 0.316 e. The molecule has 1 aromatic carbocycles. The number of anilines is 1. The van der Waals surface area contributed by atoms with Crippen LogP contribution in [0, 0.1) is 0 Å². The Hall–Kier alpha value is -1.55. The van der Waals surface area contributed by atoms with Crippen LogP contribution >= 0.6 is 0 Å². The highest BCUT2D eigenvalue weighted by Gasteiger charge is 2.38. The molecule has 0 spiro atoms. The van der Waals surface area contributed by atoms with Gasteiger partial charge in [-0.05, 0) is 30.9 Å². The van der Waals surface area contributed by atoms with Gasteiger partial charge in [0.05, 0.1) is 0 Å². The largest absolute Gasteiger partial charge is 0.351 e. The second-order valence-corrected chi connectivity index (χ2v) is 4.19. The summed E-state index contributed by atoms with van der Waals surface area (Å²) < 4.78 is 0. The smallest absolute Gasteiger partial charge is 0.316 e. The predicted octanol–water partition coefficient (Wildman–Crippen LogP) is 1.21. The molecule has 0 heterocycles. The average Bonchev–Trinajstić information content (AvgIpc) is 2.86. The number of nitrogens with one attached hydrogen (secondary N) is 1. The number of nitrogens with two attached hydrogens (primary N) is 2. The maximum atomic E-state index is 10.8. The lowest BCUT2D eigenvalue weighted by Gasteiger charge is -2.13. The molecule has 0 unspecified atom stereocenters. The quantitative estimate of drug-likeness (QED) is 0.693. The van der Waals surface area contributed by atoms with Crippen molar-refractivity contribution in [2.24, 2.45) is 11.5 Å². The molecule has 1 saturated carbocycles. The molecule has 0 aliphatic heterocycles. The third kappa shape index (κ3) is 2.47. The highest BCUT2D eigenvalue weighted by atomic mass is 16.2. The van der Waals surface area contributed by atoms with Crippen molar-refractivity contribution in [3.8, 4) is 0 Å². The summed E-state index contributed by atoms with van der Waals surface area (Å²) in [4.78, 5) is 10.8. The van der Waals surface area contributed by atoms with E-state index in [0.29, 0.717) is 0 Å². The number of hydrogen-bond acceptors (Lipinski definition) is 2. The van der Waals surface area contributed by atoms with Gasteiger partial charge in [-0.1, -0.05) is 18.2 Å². The average molecular weight is 205 g/mol. The predicted molar refractivity (Wildman–Crippen MR) is 59.5 cm³/mol. The van der Waals surface area contributed by atoms with E-state index in [0.717, 1.165) is 30.5 Å². The summed E-state index contributed by atoms with van der Waals surface area (Å²) >= 11 is 0. The Morgan fingerprint density at radius 1 is 1.40 bits per heavy atom. The van der Waals surface area contributed by atoms with Gasteiger partial charge in [-0.3, -0.25) is 0 Å². The summed E-state index contributed by atoms with van der Waals surface area (Å²) in [6.45, 7) is 0. The number of urea groups is 1. The third-order valence-corrected chi connectivity index (χ3v) is 2.71. The zero-order chi connectivity index (χ0) is 10.9. The molecule has 0 radical (unpaired) electrons. The molecule has 15 heavy (non-hydrogen) atoms. The first kappa shape index (κ1) is 9.98. The summed E-state index contributed by atoms with van der Waals surface area (Å²) in [5.74, 6) is 0. The molecule has 80 valence electrons. The summed E-state index contributed by atoms with van der Waals surface area (Å²) in [6, 6.07) is 7.08. The van der Waals surface area contributed by atoms with E-state index in [-0.39, 0.29) is 5.54 Å². The van der Waals surface area contributed by atoms with Gasteiger partial charge in [-0.25, -0.2) is 4.79 Å². The van der Waals surface area contributed by atoms with Crippen molar-refractivity contribution in [1.29, 1.82) is 0 Å². The van der Waals surface area contributed by atoms with Crippen LogP contribution in [0.15, 0.2) is 24.3 Å². The van der Waals surface area contributed by atoms with E-state index in [9.17, 15) is 4.79 Å². The lowest BCUT2D eigenvalue weighted by molar-refractivity contribution is 0.259. The van der Waals surface area contributed by atoms with Crippen molar-refractivity contribution < 1.29 is 4.79 Å². The van der Waals surface area contributed by atoms with E-state index in [1.165, 1.54) is 0 Å². The zero-order valence-corrected chi connectivity index (χ0v) is 8.49. The Kier molecular flexibility index (Phi) is 2.36. The van der Waals surface area contributed by atoms with Crippen LogP contribution in [0.2, 0.25) is 0 Å². The molecule has 0 atom stereocenters. The number of rotatable bonds is 3. The summed E-state index contributed by atoms with van der Waals surface area (Å²) in [5.41, 5.74) is 12.9. The summed E-state index contributed by atoms with van der Waals surface area (Å²) in [7, 11) is 0. The van der Waals surface area contributed by atoms with Gasteiger partial charge in [0.2, 0.25) is 0 Å². The van der Waals surface area contributed by atoms with Gasteiger partial charge in [0, 0.05) is 11.2 Å². The molecule has 0 bridgehead atoms. The Morgan fingerprint density at radius 3 is 2.67 bits per heavy atom. The van der Waals surface area contributed by atoms with E-state index in [2.05, 4.69) is 5.32 Å². The first-order valence-electron chi connectivity index (χ1n) is 5.02. The second kappa shape index (κ2) is 3.55. The Bertz CT molecular complexity index is 385. The van der Waals surface area contributed by atoms with Crippen molar-refractivity contribution >= 4 is 11.7 Å². The summed E-state index contributed by atoms with van der Waals surface area (Å²) in [6.07, 6.45) is 2.90. The molecule has 2 amide bonds. The van der Waals surface area contributed by atoms with E-state index in [4.69, 9.17) is 11.5 Å². The molecular weight excluding hydrogens is 190 g/mol. The Balaban J connectivity index is 2.17. The van der Waals surface area contributed by atoms with E-state index < -0.39 is 6.03 Å². The SMILES string of the molecule is NC(=O)Nc1ccccc1CC1(N)CC1. The van der Waals surface area contributed by atoms with Crippen molar-refractivity contribution in [3.63, 3.8) is 0 Å². The van der Waals surface area contributed by atoms with E-state index >= 15 is 0 Å². The van der Waals surface area contributed by atoms with Gasteiger partial charge in [0.1, 0.15) is 0 Å². The lowest BCUT2D eigenvalue weighted by atomic mass is 10.0. The Morgan fingerprint density at radius 2 is 2.07 bits per heavy atom. The second-order valence-electron chi connectivity index (χ2n) is 4.19. The summed E-state index contributed by atoms with van der Waals surface area (Å²) in [5, 5.41) is 2.61. The first-order valence-corrected chi connectivity index (χ1v) is 5.02. The van der Waals surface area contributed by atoms with Gasteiger partial charge in [-0.2, -0.15) is 0 Å². The van der Waals surface area contributed by atoms with Crippen LogP contribution in [-0.2, 0) is 6.42 Å². The van der Waals surface area contributed by atoms with Crippen molar-refractivity contribution in [2.45, 2.75) is 24.8 Å². The molecule has 2 rings (SSSR count).